The van der Waals surface area contributed by atoms with Crippen LogP contribution in [0.5, 0.6) is 0 Å². The summed E-state index contributed by atoms with van der Waals surface area (Å²) < 4.78 is 43.0. The van der Waals surface area contributed by atoms with Crippen molar-refractivity contribution >= 4 is 26.8 Å². The summed E-state index contributed by atoms with van der Waals surface area (Å²) in [7, 11) is 0. The van der Waals surface area contributed by atoms with Gasteiger partial charge in [-0.25, -0.2) is 0 Å². The zero-order chi connectivity index (χ0) is 19.0. The molecule has 1 heterocycles. The summed E-state index contributed by atoms with van der Waals surface area (Å²) in [6.45, 7) is 0.359. The van der Waals surface area contributed by atoms with Crippen molar-refractivity contribution in [1.29, 1.82) is 0 Å². The SMILES string of the molecule is FC(F)(F)c1cccc2c(-c3ccccc3)n(Cc3ccccc3Br)nc12. The van der Waals surface area contributed by atoms with Crippen LogP contribution in [0.15, 0.2) is 77.3 Å². The third-order valence-electron chi connectivity index (χ3n) is 4.40. The lowest BCUT2D eigenvalue weighted by atomic mass is 10.0. The highest BCUT2D eigenvalue weighted by Gasteiger charge is 2.34. The van der Waals surface area contributed by atoms with E-state index in [0.29, 0.717) is 17.6 Å². The molecule has 0 bridgehead atoms. The van der Waals surface area contributed by atoms with Gasteiger partial charge in [0, 0.05) is 15.4 Å². The predicted molar refractivity (Wildman–Crippen MR) is 103 cm³/mol. The van der Waals surface area contributed by atoms with E-state index in [1.165, 1.54) is 6.07 Å². The smallest absolute Gasteiger partial charge is 0.259 e. The van der Waals surface area contributed by atoms with E-state index < -0.39 is 11.7 Å². The van der Waals surface area contributed by atoms with Crippen molar-refractivity contribution in [3.05, 3.63) is 88.4 Å². The monoisotopic (exact) mass is 430 g/mol. The van der Waals surface area contributed by atoms with Gasteiger partial charge in [0.2, 0.25) is 0 Å². The first-order valence-electron chi connectivity index (χ1n) is 8.30. The van der Waals surface area contributed by atoms with Crippen LogP contribution in [0.3, 0.4) is 0 Å². The van der Waals surface area contributed by atoms with Crippen LogP contribution >= 0.6 is 15.9 Å². The maximum atomic E-state index is 13.5. The van der Waals surface area contributed by atoms with Crippen LogP contribution in [0.4, 0.5) is 13.2 Å². The fourth-order valence-electron chi connectivity index (χ4n) is 3.18. The summed E-state index contributed by atoms with van der Waals surface area (Å²) in [4.78, 5) is 0. The van der Waals surface area contributed by atoms with Gasteiger partial charge in [-0.15, -0.1) is 0 Å². The van der Waals surface area contributed by atoms with Crippen molar-refractivity contribution in [3.8, 4) is 11.3 Å². The van der Waals surface area contributed by atoms with Crippen molar-refractivity contribution in [2.45, 2.75) is 12.7 Å². The lowest BCUT2D eigenvalue weighted by Crippen LogP contribution is -2.07. The van der Waals surface area contributed by atoms with Crippen LogP contribution < -0.4 is 0 Å². The van der Waals surface area contributed by atoms with Crippen molar-refractivity contribution in [2.24, 2.45) is 0 Å². The second-order valence-corrected chi connectivity index (χ2v) is 7.02. The van der Waals surface area contributed by atoms with Crippen LogP contribution in [0, 0.1) is 0 Å². The minimum absolute atomic E-state index is 0.0316. The summed E-state index contributed by atoms with van der Waals surface area (Å²) in [6, 6.07) is 21.2. The molecule has 0 aliphatic rings. The van der Waals surface area contributed by atoms with E-state index in [-0.39, 0.29) is 5.52 Å². The molecule has 0 saturated carbocycles. The van der Waals surface area contributed by atoms with Crippen molar-refractivity contribution in [3.63, 3.8) is 0 Å². The van der Waals surface area contributed by atoms with E-state index in [9.17, 15) is 13.2 Å². The molecule has 1 aromatic heterocycles. The minimum atomic E-state index is -4.46. The Morgan fingerprint density at radius 1 is 0.852 bits per heavy atom. The third-order valence-corrected chi connectivity index (χ3v) is 5.17. The fraction of sp³-hybridized carbons (Fsp3) is 0.0952. The number of hydrogen-bond donors (Lipinski definition) is 0. The van der Waals surface area contributed by atoms with Crippen molar-refractivity contribution in [2.75, 3.05) is 0 Å². The molecule has 0 fully saturated rings. The molecule has 4 aromatic rings. The summed E-state index contributed by atoms with van der Waals surface area (Å²) in [5.41, 5.74) is 1.69. The second kappa shape index (κ2) is 6.85. The molecule has 0 aliphatic heterocycles. The molecule has 0 unspecified atom stereocenters. The van der Waals surface area contributed by atoms with E-state index in [0.717, 1.165) is 21.7 Å². The maximum absolute atomic E-state index is 13.5. The van der Waals surface area contributed by atoms with Gasteiger partial charge in [0.15, 0.2) is 0 Å². The van der Waals surface area contributed by atoms with Crippen LogP contribution in [0.2, 0.25) is 0 Å². The molecule has 136 valence electrons. The predicted octanol–water partition coefficient (Wildman–Crippen LogP) is 6.53. The van der Waals surface area contributed by atoms with E-state index in [1.54, 1.807) is 10.7 Å². The average molecular weight is 431 g/mol. The van der Waals surface area contributed by atoms with Crippen LogP contribution in [0.25, 0.3) is 22.2 Å². The molecule has 0 spiro atoms. The molecule has 0 saturated heterocycles. The summed E-state index contributed by atoms with van der Waals surface area (Å²) >= 11 is 3.50. The number of halogens is 4. The van der Waals surface area contributed by atoms with E-state index in [4.69, 9.17) is 0 Å². The second-order valence-electron chi connectivity index (χ2n) is 6.16. The molecule has 6 heteroatoms. The summed E-state index contributed by atoms with van der Waals surface area (Å²) in [5, 5.41) is 4.86. The van der Waals surface area contributed by atoms with Gasteiger partial charge in [-0.3, -0.25) is 4.68 Å². The van der Waals surface area contributed by atoms with Gasteiger partial charge in [-0.1, -0.05) is 76.6 Å². The van der Waals surface area contributed by atoms with Crippen LogP contribution in [-0.4, -0.2) is 9.78 Å². The Morgan fingerprint density at radius 2 is 1.56 bits per heavy atom. The Bertz CT molecular complexity index is 1100. The number of rotatable bonds is 3. The van der Waals surface area contributed by atoms with Gasteiger partial charge in [-0.2, -0.15) is 18.3 Å². The molecule has 0 N–H and O–H groups in total. The Kier molecular flexibility index (Phi) is 4.52. The van der Waals surface area contributed by atoms with E-state index >= 15 is 0 Å². The first kappa shape index (κ1) is 17.8. The first-order chi connectivity index (χ1) is 12.9. The van der Waals surface area contributed by atoms with Crippen molar-refractivity contribution in [1.82, 2.24) is 9.78 Å². The topological polar surface area (TPSA) is 17.8 Å². The van der Waals surface area contributed by atoms with Crippen LogP contribution in [0.1, 0.15) is 11.1 Å². The average Bonchev–Trinajstić information content (AvgIpc) is 3.01. The number of benzene rings is 3. The molecular weight excluding hydrogens is 417 g/mol. The highest BCUT2D eigenvalue weighted by Crippen LogP contribution is 2.38. The highest BCUT2D eigenvalue weighted by molar-refractivity contribution is 9.10. The normalized spacial score (nSPS) is 11.9. The Hall–Kier alpha value is -2.60. The number of nitrogens with zero attached hydrogens (tertiary/aromatic N) is 2. The molecule has 0 radical (unpaired) electrons. The Balaban J connectivity index is 1.98. The molecule has 0 aliphatic carbocycles. The number of alkyl halides is 3. The Labute approximate surface area is 162 Å². The van der Waals surface area contributed by atoms with E-state index in [2.05, 4.69) is 21.0 Å². The van der Waals surface area contributed by atoms with Gasteiger partial charge < -0.3 is 0 Å². The minimum Gasteiger partial charge on any atom is -0.259 e. The van der Waals surface area contributed by atoms with Gasteiger partial charge in [0.25, 0.3) is 0 Å². The molecule has 0 amide bonds. The van der Waals surface area contributed by atoms with Gasteiger partial charge in [-0.05, 0) is 17.7 Å². The molecule has 0 atom stereocenters. The largest absolute Gasteiger partial charge is 0.418 e. The summed E-state index contributed by atoms with van der Waals surface area (Å²) in [6.07, 6.45) is -4.46. The zero-order valence-electron chi connectivity index (χ0n) is 14.0. The van der Waals surface area contributed by atoms with Crippen LogP contribution in [-0.2, 0) is 12.7 Å². The standard InChI is InChI=1S/C21H14BrF3N2/c22-18-12-5-4-9-15(18)13-27-20(14-7-2-1-3-8-14)16-10-6-11-17(19(16)26-27)21(23,24)25/h1-12H,13H2. The molecule has 4 rings (SSSR count). The molecule has 27 heavy (non-hydrogen) atoms. The van der Waals surface area contributed by atoms with Gasteiger partial charge in [0.1, 0.15) is 5.52 Å². The summed E-state index contributed by atoms with van der Waals surface area (Å²) in [5.74, 6) is 0. The molecule has 3 aromatic carbocycles. The quantitative estimate of drug-likeness (QED) is 0.361. The highest BCUT2D eigenvalue weighted by atomic mass is 79.9. The van der Waals surface area contributed by atoms with Crippen molar-refractivity contribution < 1.29 is 13.2 Å². The fourth-order valence-corrected chi connectivity index (χ4v) is 3.59. The number of aromatic nitrogens is 2. The number of hydrogen-bond acceptors (Lipinski definition) is 1. The first-order valence-corrected chi connectivity index (χ1v) is 9.10. The zero-order valence-corrected chi connectivity index (χ0v) is 15.6. The lowest BCUT2D eigenvalue weighted by Gasteiger charge is -2.09. The third kappa shape index (κ3) is 3.37. The maximum Gasteiger partial charge on any atom is 0.418 e. The van der Waals surface area contributed by atoms with Gasteiger partial charge in [0.05, 0.1) is 17.8 Å². The number of fused-ring (bicyclic) bond motifs is 1. The van der Waals surface area contributed by atoms with E-state index in [1.807, 2.05) is 54.6 Å². The lowest BCUT2D eigenvalue weighted by molar-refractivity contribution is -0.136. The van der Waals surface area contributed by atoms with Gasteiger partial charge >= 0.3 is 6.18 Å². The molecule has 2 nitrogen and oxygen atoms in total. The Morgan fingerprint density at radius 3 is 2.26 bits per heavy atom. The molecular formula is C21H14BrF3N2.